The third-order valence-electron chi connectivity index (χ3n) is 4.38. The Morgan fingerprint density at radius 2 is 1.87 bits per heavy atom. The van der Waals surface area contributed by atoms with Crippen molar-refractivity contribution < 1.29 is 4.74 Å². The minimum absolute atomic E-state index is 0.417. The van der Waals surface area contributed by atoms with Crippen LogP contribution in [0.2, 0.25) is 0 Å². The zero-order chi connectivity index (χ0) is 16.5. The number of aliphatic imine (C=N–C) groups is 1. The first kappa shape index (κ1) is 17.8. The van der Waals surface area contributed by atoms with E-state index in [1.807, 2.05) is 0 Å². The van der Waals surface area contributed by atoms with Gasteiger partial charge in [0, 0.05) is 26.2 Å². The molecule has 0 bridgehead atoms. The summed E-state index contributed by atoms with van der Waals surface area (Å²) >= 11 is 0. The van der Waals surface area contributed by atoms with Gasteiger partial charge in [0.25, 0.3) is 0 Å². The van der Waals surface area contributed by atoms with E-state index in [-0.39, 0.29) is 0 Å². The van der Waals surface area contributed by atoms with Crippen LogP contribution < -0.4 is 5.32 Å². The standard InChI is InChI=1S/C19H31N3O/c1-4-16-9-7-8-10-17(16)15-21-19(20-5-2)22-13-11-18(12-14-22)23-6-3/h7-10,18H,4-6,11-15H2,1-3H3,(H,20,21). The summed E-state index contributed by atoms with van der Waals surface area (Å²) in [6.07, 6.45) is 3.65. The van der Waals surface area contributed by atoms with E-state index in [9.17, 15) is 0 Å². The maximum absolute atomic E-state index is 5.74. The molecule has 0 aliphatic carbocycles. The molecule has 1 fully saturated rings. The Labute approximate surface area is 140 Å². The van der Waals surface area contributed by atoms with E-state index >= 15 is 0 Å². The quantitative estimate of drug-likeness (QED) is 0.646. The molecule has 0 radical (unpaired) electrons. The van der Waals surface area contributed by atoms with Crippen LogP contribution in [0.3, 0.4) is 0 Å². The molecule has 0 saturated carbocycles. The van der Waals surface area contributed by atoms with Gasteiger partial charge >= 0.3 is 0 Å². The number of nitrogens with zero attached hydrogens (tertiary/aromatic N) is 2. The van der Waals surface area contributed by atoms with Crippen molar-refractivity contribution in [3.05, 3.63) is 35.4 Å². The highest BCUT2D eigenvalue weighted by molar-refractivity contribution is 5.80. The molecule has 0 atom stereocenters. The van der Waals surface area contributed by atoms with Crippen LogP contribution in [-0.2, 0) is 17.7 Å². The number of likely N-dealkylation sites (tertiary alicyclic amines) is 1. The normalized spacial score (nSPS) is 16.7. The Morgan fingerprint density at radius 3 is 2.48 bits per heavy atom. The van der Waals surface area contributed by atoms with E-state index in [1.54, 1.807) is 0 Å². The summed E-state index contributed by atoms with van der Waals surface area (Å²) in [5, 5.41) is 3.44. The Balaban J connectivity index is 2.00. The number of hydrogen-bond acceptors (Lipinski definition) is 2. The molecule has 0 aromatic heterocycles. The first-order chi connectivity index (χ1) is 11.3. The van der Waals surface area contributed by atoms with Crippen LogP contribution in [-0.4, -0.2) is 43.2 Å². The number of nitrogens with one attached hydrogen (secondary N) is 1. The first-order valence-corrected chi connectivity index (χ1v) is 9.00. The molecule has 1 aromatic carbocycles. The Bertz CT molecular complexity index is 493. The molecular weight excluding hydrogens is 286 g/mol. The molecule has 4 nitrogen and oxygen atoms in total. The van der Waals surface area contributed by atoms with Gasteiger partial charge in [0.2, 0.25) is 0 Å². The van der Waals surface area contributed by atoms with Crippen molar-refractivity contribution in [2.24, 2.45) is 4.99 Å². The van der Waals surface area contributed by atoms with Crippen molar-refractivity contribution in [3.63, 3.8) is 0 Å². The van der Waals surface area contributed by atoms with Gasteiger partial charge in [-0.25, -0.2) is 4.99 Å². The van der Waals surface area contributed by atoms with Crippen molar-refractivity contribution in [1.29, 1.82) is 0 Å². The minimum Gasteiger partial charge on any atom is -0.378 e. The zero-order valence-corrected chi connectivity index (χ0v) is 14.8. The molecule has 0 unspecified atom stereocenters. The van der Waals surface area contributed by atoms with Crippen LogP contribution in [0.15, 0.2) is 29.3 Å². The molecule has 1 saturated heterocycles. The third-order valence-corrected chi connectivity index (χ3v) is 4.38. The number of hydrogen-bond donors (Lipinski definition) is 1. The number of benzene rings is 1. The summed E-state index contributed by atoms with van der Waals surface area (Å²) in [5.74, 6) is 1.04. The number of piperidine rings is 1. The molecule has 0 amide bonds. The number of aryl methyl sites for hydroxylation is 1. The first-order valence-electron chi connectivity index (χ1n) is 9.00. The highest BCUT2D eigenvalue weighted by atomic mass is 16.5. The van der Waals surface area contributed by atoms with Crippen LogP contribution in [0.25, 0.3) is 0 Å². The summed E-state index contributed by atoms with van der Waals surface area (Å²) in [5.41, 5.74) is 2.72. The van der Waals surface area contributed by atoms with Gasteiger partial charge in [0.1, 0.15) is 0 Å². The summed E-state index contributed by atoms with van der Waals surface area (Å²) in [6.45, 7) is 10.9. The molecule has 4 heteroatoms. The van der Waals surface area contributed by atoms with Crippen LogP contribution in [0.1, 0.15) is 44.7 Å². The summed E-state index contributed by atoms with van der Waals surface area (Å²) in [4.78, 5) is 7.25. The van der Waals surface area contributed by atoms with Gasteiger partial charge in [-0.1, -0.05) is 31.2 Å². The lowest BCUT2D eigenvalue weighted by Gasteiger charge is -2.34. The molecule has 2 rings (SSSR count). The summed E-state index contributed by atoms with van der Waals surface area (Å²) in [6, 6.07) is 8.60. The van der Waals surface area contributed by atoms with Gasteiger partial charge in [-0.15, -0.1) is 0 Å². The molecule has 1 aromatic rings. The third kappa shape index (κ3) is 5.24. The molecule has 128 valence electrons. The molecule has 1 N–H and O–H groups in total. The second-order valence-electron chi connectivity index (χ2n) is 5.93. The van der Waals surface area contributed by atoms with E-state index in [2.05, 4.69) is 55.3 Å². The lowest BCUT2D eigenvalue weighted by molar-refractivity contribution is 0.0263. The van der Waals surface area contributed by atoms with Gasteiger partial charge in [-0.2, -0.15) is 0 Å². The smallest absolute Gasteiger partial charge is 0.194 e. The maximum Gasteiger partial charge on any atom is 0.194 e. The minimum atomic E-state index is 0.417. The lowest BCUT2D eigenvalue weighted by atomic mass is 10.1. The fraction of sp³-hybridized carbons (Fsp3) is 0.632. The largest absolute Gasteiger partial charge is 0.378 e. The van der Waals surface area contributed by atoms with Gasteiger partial charge in [0.05, 0.1) is 12.6 Å². The van der Waals surface area contributed by atoms with Crippen LogP contribution in [0, 0.1) is 0 Å². The number of rotatable bonds is 6. The molecule has 23 heavy (non-hydrogen) atoms. The predicted octanol–water partition coefficient (Wildman–Crippen LogP) is 3.22. The second-order valence-corrected chi connectivity index (χ2v) is 5.93. The van der Waals surface area contributed by atoms with Gasteiger partial charge < -0.3 is 15.0 Å². The Kier molecular flexibility index (Phi) is 7.40. The molecule has 1 aliphatic heterocycles. The van der Waals surface area contributed by atoms with E-state index < -0.39 is 0 Å². The second kappa shape index (κ2) is 9.56. The van der Waals surface area contributed by atoms with E-state index in [4.69, 9.17) is 9.73 Å². The molecule has 1 heterocycles. The highest BCUT2D eigenvalue weighted by Gasteiger charge is 2.21. The van der Waals surface area contributed by atoms with E-state index in [0.717, 1.165) is 58.0 Å². The fourth-order valence-corrected chi connectivity index (χ4v) is 3.11. The van der Waals surface area contributed by atoms with Crippen molar-refractivity contribution in [3.8, 4) is 0 Å². The summed E-state index contributed by atoms with van der Waals surface area (Å²) in [7, 11) is 0. The molecule has 0 spiro atoms. The number of ether oxygens (including phenoxy) is 1. The SMILES string of the molecule is CCNC(=NCc1ccccc1CC)N1CCC(OCC)CC1. The fourth-order valence-electron chi connectivity index (χ4n) is 3.11. The van der Waals surface area contributed by atoms with E-state index in [0.29, 0.717) is 6.10 Å². The van der Waals surface area contributed by atoms with E-state index in [1.165, 1.54) is 11.1 Å². The van der Waals surface area contributed by atoms with Crippen molar-refractivity contribution in [1.82, 2.24) is 10.2 Å². The van der Waals surface area contributed by atoms with Gasteiger partial charge in [-0.3, -0.25) is 0 Å². The highest BCUT2D eigenvalue weighted by Crippen LogP contribution is 2.15. The average Bonchev–Trinajstić information content (AvgIpc) is 2.60. The zero-order valence-electron chi connectivity index (χ0n) is 14.8. The predicted molar refractivity (Wildman–Crippen MR) is 96.9 cm³/mol. The van der Waals surface area contributed by atoms with Gasteiger partial charge in [-0.05, 0) is 44.2 Å². The van der Waals surface area contributed by atoms with Crippen molar-refractivity contribution in [2.75, 3.05) is 26.2 Å². The molecule has 1 aliphatic rings. The topological polar surface area (TPSA) is 36.9 Å². The van der Waals surface area contributed by atoms with Crippen LogP contribution in [0.5, 0.6) is 0 Å². The summed E-state index contributed by atoms with van der Waals surface area (Å²) < 4.78 is 5.74. The average molecular weight is 317 g/mol. The monoisotopic (exact) mass is 317 g/mol. The number of guanidine groups is 1. The van der Waals surface area contributed by atoms with Crippen molar-refractivity contribution in [2.45, 2.75) is 52.7 Å². The van der Waals surface area contributed by atoms with Crippen LogP contribution in [0.4, 0.5) is 0 Å². The van der Waals surface area contributed by atoms with Crippen LogP contribution >= 0.6 is 0 Å². The molecular formula is C19H31N3O. The van der Waals surface area contributed by atoms with Crippen molar-refractivity contribution >= 4 is 5.96 Å². The maximum atomic E-state index is 5.74. The Morgan fingerprint density at radius 1 is 1.17 bits per heavy atom. The lowest BCUT2D eigenvalue weighted by Crippen LogP contribution is -2.47. The van der Waals surface area contributed by atoms with Gasteiger partial charge in [0.15, 0.2) is 5.96 Å². The Hall–Kier alpha value is -1.55.